The fraction of sp³-hybridized carbons (Fsp3) is 0.700. The Balaban J connectivity index is 1.70. The van der Waals surface area contributed by atoms with Crippen molar-refractivity contribution in [1.82, 2.24) is 0 Å². The Labute approximate surface area is 128 Å². The van der Waals surface area contributed by atoms with E-state index in [1.165, 1.54) is 32.1 Å². The molecule has 0 saturated heterocycles. The van der Waals surface area contributed by atoms with Crippen molar-refractivity contribution in [2.24, 2.45) is 23.2 Å². The van der Waals surface area contributed by atoms with E-state index in [9.17, 15) is 5.11 Å². The molecular formula is C20H28O. The maximum absolute atomic E-state index is 10.4. The van der Waals surface area contributed by atoms with E-state index >= 15 is 0 Å². The second-order valence-corrected chi connectivity index (χ2v) is 7.95. The molecule has 0 aromatic carbocycles. The van der Waals surface area contributed by atoms with Gasteiger partial charge in [-0.15, -0.1) is 0 Å². The molecule has 4 aliphatic rings. The zero-order valence-electron chi connectivity index (χ0n) is 13.4. The third-order valence-electron chi connectivity index (χ3n) is 7.07. The molecular weight excluding hydrogens is 256 g/mol. The molecule has 0 aromatic rings. The molecule has 1 heteroatoms. The lowest BCUT2D eigenvalue weighted by molar-refractivity contribution is 0.0183. The third kappa shape index (κ3) is 1.93. The second-order valence-electron chi connectivity index (χ2n) is 7.95. The highest BCUT2D eigenvalue weighted by Gasteiger charge is 2.52. The molecule has 0 amide bonds. The molecule has 2 fully saturated rings. The SMILES string of the molecule is CCC1=CC=C2C3=CC[C@]4(C)C(O)CCC4C3CC[C@H]2C1. The van der Waals surface area contributed by atoms with E-state index in [4.69, 9.17) is 0 Å². The predicted molar refractivity (Wildman–Crippen MR) is 86.8 cm³/mol. The topological polar surface area (TPSA) is 20.2 Å². The normalized spacial score (nSPS) is 45.0. The van der Waals surface area contributed by atoms with Crippen molar-refractivity contribution in [3.05, 3.63) is 34.9 Å². The van der Waals surface area contributed by atoms with Gasteiger partial charge in [-0.3, -0.25) is 0 Å². The van der Waals surface area contributed by atoms with Gasteiger partial charge in [-0.2, -0.15) is 0 Å². The fourth-order valence-electron chi connectivity index (χ4n) is 5.65. The van der Waals surface area contributed by atoms with E-state index in [1.807, 2.05) is 0 Å². The van der Waals surface area contributed by atoms with Gasteiger partial charge in [-0.25, -0.2) is 0 Å². The summed E-state index contributed by atoms with van der Waals surface area (Å²) in [5.74, 6) is 2.22. The van der Waals surface area contributed by atoms with Crippen molar-refractivity contribution in [2.75, 3.05) is 0 Å². The zero-order valence-corrected chi connectivity index (χ0v) is 13.4. The summed E-state index contributed by atoms with van der Waals surface area (Å²) >= 11 is 0. The summed E-state index contributed by atoms with van der Waals surface area (Å²) in [5, 5.41) is 10.4. The summed E-state index contributed by atoms with van der Waals surface area (Å²) in [7, 11) is 0. The number of rotatable bonds is 1. The molecule has 0 aliphatic heterocycles. The van der Waals surface area contributed by atoms with Crippen LogP contribution in [-0.4, -0.2) is 11.2 Å². The van der Waals surface area contributed by atoms with E-state index in [-0.39, 0.29) is 11.5 Å². The van der Waals surface area contributed by atoms with Crippen molar-refractivity contribution < 1.29 is 5.11 Å². The highest BCUT2D eigenvalue weighted by atomic mass is 16.3. The molecule has 0 bridgehead atoms. The molecule has 2 saturated carbocycles. The summed E-state index contributed by atoms with van der Waals surface area (Å²) in [4.78, 5) is 0. The van der Waals surface area contributed by atoms with Gasteiger partial charge in [-0.05, 0) is 73.8 Å². The summed E-state index contributed by atoms with van der Waals surface area (Å²) in [6.07, 6.45) is 15.8. The molecule has 0 aromatic heterocycles. The van der Waals surface area contributed by atoms with Crippen LogP contribution in [0.15, 0.2) is 34.9 Å². The monoisotopic (exact) mass is 284 g/mol. The first-order valence-electron chi connectivity index (χ1n) is 8.91. The van der Waals surface area contributed by atoms with Crippen molar-refractivity contribution in [2.45, 2.75) is 64.9 Å². The van der Waals surface area contributed by atoms with Gasteiger partial charge in [-0.1, -0.05) is 37.6 Å². The minimum Gasteiger partial charge on any atom is -0.393 e. The molecule has 1 N–H and O–H groups in total. The van der Waals surface area contributed by atoms with E-state index in [2.05, 4.69) is 32.1 Å². The summed E-state index contributed by atoms with van der Waals surface area (Å²) in [6.45, 7) is 4.61. The van der Waals surface area contributed by atoms with Crippen LogP contribution in [0, 0.1) is 23.2 Å². The molecule has 4 rings (SSSR count). The van der Waals surface area contributed by atoms with Crippen LogP contribution in [-0.2, 0) is 0 Å². The number of hydrogen-bond donors (Lipinski definition) is 1. The van der Waals surface area contributed by atoms with Gasteiger partial charge < -0.3 is 5.11 Å². The first-order chi connectivity index (χ1) is 10.1. The maximum Gasteiger partial charge on any atom is 0.0599 e. The Morgan fingerprint density at radius 3 is 2.81 bits per heavy atom. The lowest BCUT2D eigenvalue weighted by atomic mass is 9.57. The van der Waals surface area contributed by atoms with Crippen molar-refractivity contribution in [3.63, 3.8) is 0 Å². The smallest absolute Gasteiger partial charge is 0.0599 e. The van der Waals surface area contributed by atoms with Crippen molar-refractivity contribution in [3.8, 4) is 0 Å². The lowest BCUT2D eigenvalue weighted by Crippen LogP contribution is -2.41. The standard InChI is InChI=1S/C20H28O/c1-3-13-4-6-15-14(12-13)5-7-17-16(15)10-11-20(2)18(17)8-9-19(20)21/h4,6,10,14,17-19,21H,3,5,7-9,11-12H2,1-2H3/t14-,17?,18?,19?,20-/m0/s1. The molecule has 114 valence electrons. The quantitative estimate of drug-likeness (QED) is 0.734. The summed E-state index contributed by atoms with van der Waals surface area (Å²) < 4.78 is 0. The number of aliphatic hydroxyl groups is 1. The van der Waals surface area contributed by atoms with Crippen LogP contribution in [0.25, 0.3) is 0 Å². The van der Waals surface area contributed by atoms with Crippen LogP contribution in [0.4, 0.5) is 0 Å². The van der Waals surface area contributed by atoms with Gasteiger partial charge >= 0.3 is 0 Å². The number of hydrogen-bond acceptors (Lipinski definition) is 1. The first kappa shape index (κ1) is 13.8. The van der Waals surface area contributed by atoms with Crippen LogP contribution in [0.3, 0.4) is 0 Å². The molecule has 3 unspecified atom stereocenters. The van der Waals surface area contributed by atoms with Crippen LogP contribution in [0.1, 0.15) is 58.8 Å². The molecule has 0 radical (unpaired) electrons. The van der Waals surface area contributed by atoms with Gasteiger partial charge in [0.2, 0.25) is 0 Å². The molecule has 5 atom stereocenters. The first-order valence-corrected chi connectivity index (χ1v) is 8.91. The summed E-state index contributed by atoms with van der Waals surface area (Å²) in [5.41, 5.74) is 5.08. The average Bonchev–Trinajstić information content (AvgIpc) is 2.82. The van der Waals surface area contributed by atoms with Crippen LogP contribution < -0.4 is 0 Å². The van der Waals surface area contributed by atoms with Gasteiger partial charge in [0.1, 0.15) is 0 Å². The molecule has 0 heterocycles. The zero-order chi connectivity index (χ0) is 14.6. The van der Waals surface area contributed by atoms with Crippen molar-refractivity contribution >= 4 is 0 Å². The van der Waals surface area contributed by atoms with E-state index in [1.54, 1.807) is 16.7 Å². The highest BCUT2D eigenvalue weighted by molar-refractivity contribution is 5.45. The molecule has 4 aliphatic carbocycles. The summed E-state index contributed by atoms with van der Waals surface area (Å²) in [6, 6.07) is 0. The largest absolute Gasteiger partial charge is 0.393 e. The Hall–Kier alpha value is -0.820. The van der Waals surface area contributed by atoms with E-state index < -0.39 is 0 Å². The van der Waals surface area contributed by atoms with E-state index in [0.717, 1.165) is 24.7 Å². The third-order valence-corrected chi connectivity index (χ3v) is 7.07. The molecule has 1 nitrogen and oxygen atoms in total. The fourth-order valence-corrected chi connectivity index (χ4v) is 5.65. The second kappa shape index (κ2) is 4.84. The number of allylic oxidation sites excluding steroid dienone is 6. The molecule has 0 spiro atoms. The minimum absolute atomic E-state index is 0.0788. The highest BCUT2D eigenvalue weighted by Crippen LogP contribution is 2.59. The Morgan fingerprint density at radius 1 is 1.14 bits per heavy atom. The van der Waals surface area contributed by atoms with E-state index in [0.29, 0.717) is 5.92 Å². The van der Waals surface area contributed by atoms with Crippen LogP contribution in [0.5, 0.6) is 0 Å². The maximum atomic E-state index is 10.4. The molecule has 21 heavy (non-hydrogen) atoms. The van der Waals surface area contributed by atoms with Gasteiger partial charge in [0.25, 0.3) is 0 Å². The lowest BCUT2D eigenvalue weighted by Gasteiger charge is -2.48. The van der Waals surface area contributed by atoms with Gasteiger partial charge in [0.05, 0.1) is 6.10 Å². The average molecular weight is 284 g/mol. The van der Waals surface area contributed by atoms with Crippen LogP contribution >= 0.6 is 0 Å². The van der Waals surface area contributed by atoms with Gasteiger partial charge in [0.15, 0.2) is 0 Å². The van der Waals surface area contributed by atoms with Gasteiger partial charge in [0, 0.05) is 5.41 Å². The van der Waals surface area contributed by atoms with Crippen LogP contribution in [0.2, 0.25) is 0 Å². The number of fused-ring (bicyclic) bond motifs is 5. The predicted octanol–water partition coefficient (Wildman–Crippen LogP) is 4.79. The Kier molecular flexibility index (Phi) is 3.19. The van der Waals surface area contributed by atoms with Crippen molar-refractivity contribution in [1.29, 1.82) is 0 Å². The Bertz CT molecular complexity index is 538. The number of aliphatic hydroxyl groups excluding tert-OH is 1. The Morgan fingerprint density at radius 2 is 2.00 bits per heavy atom. The minimum atomic E-state index is -0.0788.